The molecule has 0 atom stereocenters. The second kappa shape index (κ2) is 10.0. The van der Waals surface area contributed by atoms with Crippen LogP contribution in [0.1, 0.15) is 78.3 Å². The Balaban J connectivity index is 1.64. The number of hydrogen-bond acceptors (Lipinski definition) is 6. The summed E-state index contributed by atoms with van der Waals surface area (Å²) >= 11 is 1.30. The Morgan fingerprint density at radius 2 is 1.84 bits per heavy atom. The molecule has 1 aliphatic rings. The molecule has 0 aliphatic heterocycles. The monoisotopic (exact) mass is 449 g/mol. The van der Waals surface area contributed by atoms with Crippen LogP contribution < -0.4 is 5.32 Å². The molecule has 3 aromatic rings. The van der Waals surface area contributed by atoms with E-state index < -0.39 is 11.9 Å². The molecule has 7 heteroatoms. The van der Waals surface area contributed by atoms with Crippen molar-refractivity contribution in [1.29, 1.82) is 0 Å². The molecule has 166 valence electrons. The Labute approximate surface area is 192 Å². The molecule has 0 bridgehead atoms. The smallest absolute Gasteiger partial charge is 0.342 e. The van der Waals surface area contributed by atoms with E-state index in [9.17, 15) is 9.59 Å². The minimum atomic E-state index is -0.456. The maximum atomic E-state index is 13.0. The van der Waals surface area contributed by atoms with Gasteiger partial charge in [-0.15, -0.1) is 11.3 Å². The van der Waals surface area contributed by atoms with Gasteiger partial charge >= 0.3 is 5.97 Å². The molecular formula is C25H27N3O3S. The van der Waals surface area contributed by atoms with Crippen molar-refractivity contribution in [3.05, 3.63) is 65.1 Å². The van der Waals surface area contributed by atoms with Gasteiger partial charge in [-0.3, -0.25) is 9.78 Å². The number of aromatic nitrogens is 2. The van der Waals surface area contributed by atoms with Gasteiger partial charge in [-0.25, -0.2) is 9.78 Å². The third-order valence-corrected chi connectivity index (χ3v) is 6.55. The fourth-order valence-electron chi connectivity index (χ4n) is 4.09. The summed E-state index contributed by atoms with van der Waals surface area (Å²) in [5.74, 6) is -0.257. The Morgan fingerprint density at radius 1 is 1.09 bits per heavy atom. The Kier molecular flexibility index (Phi) is 6.95. The average Bonchev–Trinajstić information content (AvgIpc) is 3.23. The van der Waals surface area contributed by atoms with Crippen molar-refractivity contribution in [3.63, 3.8) is 0 Å². The van der Waals surface area contributed by atoms with Gasteiger partial charge in [0.1, 0.15) is 16.3 Å². The molecule has 1 saturated carbocycles. The molecule has 2 heterocycles. The third kappa shape index (κ3) is 5.05. The summed E-state index contributed by atoms with van der Waals surface area (Å²) in [5, 5.41) is 5.14. The van der Waals surface area contributed by atoms with Crippen LogP contribution in [0.15, 0.2) is 48.2 Å². The van der Waals surface area contributed by atoms with Gasteiger partial charge in [0.2, 0.25) is 0 Å². The summed E-state index contributed by atoms with van der Waals surface area (Å²) in [6.45, 7) is 3.61. The maximum Gasteiger partial charge on any atom is 0.342 e. The standard InChI is InChI=1S/C25H27N3O3S/c1-16(2)31-25(30)22-20(15-32-24(22)28-23(29)21-14-26-12-13-27-21)19-10-8-18(9-11-19)17-6-4-3-5-7-17/h8-17H,3-7H2,1-2H3,(H,28,29). The van der Waals surface area contributed by atoms with Gasteiger partial charge < -0.3 is 10.1 Å². The van der Waals surface area contributed by atoms with E-state index in [1.165, 1.54) is 67.6 Å². The summed E-state index contributed by atoms with van der Waals surface area (Å²) in [4.78, 5) is 33.5. The molecule has 6 nitrogen and oxygen atoms in total. The largest absolute Gasteiger partial charge is 0.459 e. The molecule has 32 heavy (non-hydrogen) atoms. The van der Waals surface area contributed by atoms with E-state index in [0.29, 0.717) is 16.5 Å². The molecule has 0 saturated heterocycles. The number of anilines is 1. The van der Waals surface area contributed by atoms with Crippen LogP contribution >= 0.6 is 11.3 Å². The first-order valence-corrected chi connectivity index (χ1v) is 11.9. The normalized spacial score (nSPS) is 14.3. The van der Waals surface area contributed by atoms with Gasteiger partial charge in [-0.05, 0) is 43.7 Å². The molecule has 0 radical (unpaired) electrons. The van der Waals surface area contributed by atoms with E-state index in [-0.39, 0.29) is 11.8 Å². The number of thiophene rings is 1. The molecule has 4 rings (SSSR count). The van der Waals surface area contributed by atoms with Gasteiger partial charge in [0.05, 0.1) is 12.3 Å². The highest BCUT2D eigenvalue weighted by atomic mass is 32.1. The van der Waals surface area contributed by atoms with Crippen molar-refractivity contribution in [2.24, 2.45) is 0 Å². The van der Waals surface area contributed by atoms with E-state index in [4.69, 9.17) is 4.74 Å². The maximum absolute atomic E-state index is 13.0. The van der Waals surface area contributed by atoms with E-state index in [1.54, 1.807) is 13.8 Å². The van der Waals surface area contributed by atoms with Crippen molar-refractivity contribution in [1.82, 2.24) is 9.97 Å². The molecule has 0 spiro atoms. The highest BCUT2D eigenvalue weighted by molar-refractivity contribution is 7.15. The summed E-state index contributed by atoms with van der Waals surface area (Å²) in [6.07, 6.45) is 10.5. The lowest BCUT2D eigenvalue weighted by molar-refractivity contribution is 0.0380. The van der Waals surface area contributed by atoms with Crippen LogP contribution in [0.4, 0.5) is 5.00 Å². The van der Waals surface area contributed by atoms with Crippen LogP contribution in [0.5, 0.6) is 0 Å². The van der Waals surface area contributed by atoms with Crippen molar-refractivity contribution in [2.45, 2.75) is 58.0 Å². The van der Waals surface area contributed by atoms with Crippen LogP contribution in [0.2, 0.25) is 0 Å². The number of amides is 1. The summed E-state index contributed by atoms with van der Waals surface area (Å²) in [5.41, 5.74) is 3.58. The van der Waals surface area contributed by atoms with Crippen molar-refractivity contribution >= 4 is 28.2 Å². The second-order valence-corrected chi connectivity index (χ2v) is 9.19. The highest BCUT2D eigenvalue weighted by Crippen LogP contribution is 2.38. The van der Waals surface area contributed by atoms with E-state index in [1.807, 2.05) is 5.38 Å². The highest BCUT2D eigenvalue weighted by Gasteiger charge is 2.25. The first-order chi connectivity index (χ1) is 15.5. The predicted molar refractivity (Wildman–Crippen MR) is 126 cm³/mol. The number of rotatable bonds is 6. The van der Waals surface area contributed by atoms with Gasteiger partial charge in [-0.2, -0.15) is 0 Å². The van der Waals surface area contributed by atoms with E-state index >= 15 is 0 Å². The topological polar surface area (TPSA) is 81.2 Å². The van der Waals surface area contributed by atoms with E-state index in [0.717, 1.165) is 11.1 Å². The van der Waals surface area contributed by atoms with Crippen LogP contribution in [-0.2, 0) is 4.74 Å². The Hall–Kier alpha value is -3.06. The zero-order valence-electron chi connectivity index (χ0n) is 18.3. The zero-order valence-corrected chi connectivity index (χ0v) is 19.2. The SMILES string of the molecule is CC(C)OC(=O)c1c(-c2ccc(C3CCCCC3)cc2)csc1NC(=O)c1cnccn1. The van der Waals surface area contributed by atoms with Crippen molar-refractivity contribution < 1.29 is 14.3 Å². The molecule has 1 amide bonds. The lowest BCUT2D eigenvalue weighted by Crippen LogP contribution is -2.17. The van der Waals surface area contributed by atoms with E-state index in [2.05, 4.69) is 39.6 Å². The lowest BCUT2D eigenvalue weighted by Gasteiger charge is -2.22. The van der Waals surface area contributed by atoms with Gasteiger partial charge in [0, 0.05) is 23.3 Å². The number of carbonyl (C=O) groups is 2. The molecule has 0 unspecified atom stereocenters. The van der Waals surface area contributed by atoms with Gasteiger partial charge in [-0.1, -0.05) is 43.5 Å². The van der Waals surface area contributed by atoms with Crippen LogP contribution in [0.3, 0.4) is 0 Å². The molecule has 1 aliphatic carbocycles. The molecular weight excluding hydrogens is 422 g/mol. The minimum absolute atomic E-state index is 0.183. The molecule has 1 fully saturated rings. The summed E-state index contributed by atoms with van der Waals surface area (Å²) in [7, 11) is 0. The fourth-order valence-corrected chi connectivity index (χ4v) is 5.04. The second-order valence-electron chi connectivity index (χ2n) is 8.31. The number of esters is 1. The lowest BCUT2D eigenvalue weighted by atomic mass is 9.83. The number of hydrogen-bond donors (Lipinski definition) is 1. The molecule has 1 aromatic carbocycles. The number of nitrogens with one attached hydrogen (secondary N) is 1. The third-order valence-electron chi connectivity index (χ3n) is 5.66. The quantitative estimate of drug-likeness (QED) is 0.462. The number of carbonyl (C=O) groups excluding carboxylic acids is 2. The predicted octanol–water partition coefficient (Wildman–Crippen LogP) is 6.07. The summed E-state index contributed by atoms with van der Waals surface area (Å²) < 4.78 is 5.49. The minimum Gasteiger partial charge on any atom is -0.459 e. The number of nitrogens with zero attached hydrogens (tertiary/aromatic N) is 2. The zero-order chi connectivity index (χ0) is 22.5. The fraction of sp³-hybridized carbons (Fsp3) is 0.360. The van der Waals surface area contributed by atoms with Crippen molar-refractivity contribution in [3.8, 4) is 11.1 Å². The average molecular weight is 450 g/mol. The number of ether oxygens (including phenoxy) is 1. The van der Waals surface area contributed by atoms with Gasteiger partial charge in [0.15, 0.2) is 0 Å². The first-order valence-electron chi connectivity index (χ1n) is 11.0. The Morgan fingerprint density at radius 3 is 2.50 bits per heavy atom. The molecule has 2 aromatic heterocycles. The molecule has 1 N–H and O–H groups in total. The van der Waals surface area contributed by atoms with Crippen LogP contribution in [-0.4, -0.2) is 27.9 Å². The van der Waals surface area contributed by atoms with Crippen LogP contribution in [0, 0.1) is 0 Å². The summed E-state index contributed by atoms with van der Waals surface area (Å²) in [6, 6.07) is 8.45. The Bertz CT molecular complexity index is 1070. The van der Waals surface area contributed by atoms with Gasteiger partial charge in [0.25, 0.3) is 5.91 Å². The van der Waals surface area contributed by atoms with Crippen LogP contribution in [0.25, 0.3) is 11.1 Å². The first kappa shape index (κ1) is 22.1. The number of benzene rings is 1. The van der Waals surface area contributed by atoms with Crippen molar-refractivity contribution in [2.75, 3.05) is 5.32 Å².